The van der Waals surface area contributed by atoms with Crippen LogP contribution >= 0.6 is 0 Å². The predicted octanol–water partition coefficient (Wildman–Crippen LogP) is 1.37. The average molecular weight is 342 g/mol. The molecule has 0 radical (unpaired) electrons. The summed E-state index contributed by atoms with van der Waals surface area (Å²) in [6, 6.07) is 7.41. The molecule has 1 aliphatic heterocycles. The van der Waals surface area contributed by atoms with Crippen LogP contribution in [0.4, 0.5) is 0 Å². The number of nitrogens with zero attached hydrogens (tertiary/aromatic N) is 3. The van der Waals surface area contributed by atoms with Crippen LogP contribution in [0.3, 0.4) is 0 Å². The van der Waals surface area contributed by atoms with Crippen LogP contribution in [-0.2, 0) is 6.54 Å². The Kier molecular flexibility index (Phi) is 5.96. The van der Waals surface area contributed by atoms with Crippen molar-refractivity contribution in [2.45, 2.75) is 25.5 Å². The number of aromatic nitrogens is 2. The number of β-amino-alcohol motifs (C(OH)–C–C–N with tert-alkyl or cyclic N) is 1. The fourth-order valence-corrected chi connectivity index (χ4v) is 3.25. The van der Waals surface area contributed by atoms with Crippen molar-refractivity contribution in [3.63, 3.8) is 0 Å². The summed E-state index contributed by atoms with van der Waals surface area (Å²) in [7, 11) is 0. The lowest BCUT2D eigenvalue weighted by Gasteiger charge is -2.35. The number of para-hydroxylation sites is 1. The van der Waals surface area contributed by atoms with Gasteiger partial charge in [0.15, 0.2) is 0 Å². The van der Waals surface area contributed by atoms with Crippen molar-refractivity contribution in [1.29, 1.82) is 0 Å². The molecule has 6 heteroatoms. The lowest BCUT2D eigenvalue weighted by Crippen LogP contribution is -2.48. The minimum absolute atomic E-state index is 0.0791. The fraction of sp³-hybridized carbons (Fsp3) is 0.474. The summed E-state index contributed by atoms with van der Waals surface area (Å²) in [4.78, 5) is 24.2. The number of piperazine rings is 1. The Morgan fingerprint density at radius 2 is 1.96 bits per heavy atom. The highest BCUT2D eigenvalue weighted by molar-refractivity contribution is 5.77. The van der Waals surface area contributed by atoms with Crippen LogP contribution < -0.4 is 5.56 Å². The number of hydrogen-bond acceptors (Lipinski definition) is 5. The Bertz CT molecular complexity index is 765. The van der Waals surface area contributed by atoms with E-state index in [2.05, 4.69) is 26.3 Å². The molecule has 0 saturated carbocycles. The molecule has 1 fully saturated rings. The number of rotatable bonds is 7. The van der Waals surface area contributed by atoms with Gasteiger partial charge in [-0.25, -0.2) is 4.98 Å². The van der Waals surface area contributed by atoms with Gasteiger partial charge in [0, 0.05) is 32.7 Å². The van der Waals surface area contributed by atoms with Crippen LogP contribution in [0.1, 0.15) is 18.7 Å². The molecule has 0 spiro atoms. The summed E-state index contributed by atoms with van der Waals surface area (Å²) >= 11 is 0. The second-order valence-electron chi connectivity index (χ2n) is 6.63. The molecular formula is C19H26N4O2. The van der Waals surface area contributed by atoms with Gasteiger partial charge < -0.3 is 10.1 Å². The van der Waals surface area contributed by atoms with Crippen LogP contribution in [0.25, 0.3) is 10.9 Å². The maximum atomic E-state index is 12.1. The number of aliphatic hydroxyl groups is 1. The van der Waals surface area contributed by atoms with E-state index in [-0.39, 0.29) is 11.7 Å². The highest BCUT2D eigenvalue weighted by Gasteiger charge is 2.19. The van der Waals surface area contributed by atoms with Gasteiger partial charge in [-0.1, -0.05) is 18.2 Å². The molecule has 0 bridgehead atoms. The standard InChI is InChI=1S/C19H26N4O2/c1-2-3-6-15(24)13-22-9-11-23(12-10-22)14-18-20-17-8-5-4-7-16(17)19(25)21-18/h2,4-5,7-8,15,24H,1,3,6,9-14H2,(H,20,21,25). The Morgan fingerprint density at radius 1 is 1.24 bits per heavy atom. The van der Waals surface area contributed by atoms with E-state index in [1.165, 1.54) is 0 Å². The van der Waals surface area contributed by atoms with Crippen molar-refractivity contribution in [2.75, 3.05) is 32.7 Å². The first kappa shape index (κ1) is 17.8. The second-order valence-corrected chi connectivity index (χ2v) is 6.63. The van der Waals surface area contributed by atoms with Crippen molar-refractivity contribution in [3.05, 3.63) is 53.1 Å². The van der Waals surface area contributed by atoms with Crippen LogP contribution in [-0.4, -0.2) is 63.7 Å². The van der Waals surface area contributed by atoms with Crippen molar-refractivity contribution >= 4 is 10.9 Å². The number of fused-ring (bicyclic) bond motifs is 1. The summed E-state index contributed by atoms with van der Waals surface area (Å²) in [5.41, 5.74) is 0.662. The van der Waals surface area contributed by atoms with Crippen molar-refractivity contribution in [2.24, 2.45) is 0 Å². The Hall–Kier alpha value is -2.02. The molecule has 1 aromatic carbocycles. The highest BCUT2D eigenvalue weighted by atomic mass is 16.3. The molecule has 3 rings (SSSR count). The molecule has 6 nitrogen and oxygen atoms in total. The monoisotopic (exact) mass is 342 g/mol. The summed E-state index contributed by atoms with van der Waals surface area (Å²) in [5, 5.41) is 10.6. The van der Waals surface area contributed by atoms with Gasteiger partial charge in [-0.05, 0) is 25.0 Å². The number of nitrogens with one attached hydrogen (secondary N) is 1. The van der Waals surface area contributed by atoms with Gasteiger partial charge in [0.25, 0.3) is 5.56 Å². The maximum Gasteiger partial charge on any atom is 0.258 e. The third kappa shape index (κ3) is 4.75. The van der Waals surface area contributed by atoms with Crippen LogP contribution in [0.2, 0.25) is 0 Å². The molecule has 0 amide bonds. The summed E-state index contributed by atoms with van der Waals surface area (Å²) < 4.78 is 0. The molecule has 1 saturated heterocycles. The Balaban J connectivity index is 1.54. The minimum Gasteiger partial charge on any atom is -0.392 e. The number of H-pyrrole nitrogens is 1. The van der Waals surface area contributed by atoms with Gasteiger partial charge in [0.05, 0.1) is 23.6 Å². The molecule has 2 aromatic rings. The largest absolute Gasteiger partial charge is 0.392 e. The minimum atomic E-state index is -0.289. The zero-order valence-electron chi connectivity index (χ0n) is 14.5. The first-order chi connectivity index (χ1) is 12.2. The third-order valence-electron chi connectivity index (χ3n) is 4.67. The molecule has 1 unspecified atom stereocenters. The lowest BCUT2D eigenvalue weighted by molar-refractivity contribution is 0.0661. The van der Waals surface area contributed by atoms with Crippen LogP contribution in [0, 0.1) is 0 Å². The maximum absolute atomic E-state index is 12.1. The normalized spacial score (nSPS) is 17.6. The molecule has 134 valence electrons. The number of aromatic amines is 1. The molecule has 2 heterocycles. The van der Waals surface area contributed by atoms with E-state index in [1.54, 1.807) is 6.07 Å². The van der Waals surface area contributed by atoms with Crippen LogP contribution in [0.15, 0.2) is 41.7 Å². The summed E-state index contributed by atoms with van der Waals surface area (Å²) in [6.45, 7) is 8.71. The summed E-state index contributed by atoms with van der Waals surface area (Å²) in [6.07, 6.45) is 3.18. The van der Waals surface area contributed by atoms with E-state index in [9.17, 15) is 9.90 Å². The van der Waals surface area contributed by atoms with Gasteiger partial charge in [0.1, 0.15) is 5.82 Å². The van der Waals surface area contributed by atoms with Gasteiger partial charge in [-0.15, -0.1) is 6.58 Å². The van der Waals surface area contributed by atoms with Gasteiger partial charge in [-0.3, -0.25) is 14.6 Å². The van der Waals surface area contributed by atoms with E-state index < -0.39 is 0 Å². The van der Waals surface area contributed by atoms with E-state index in [0.29, 0.717) is 24.3 Å². The Morgan fingerprint density at radius 3 is 2.72 bits per heavy atom. The molecule has 0 aliphatic carbocycles. The predicted molar refractivity (Wildman–Crippen MR) is 99.5 cm³/mol. The Labute approximate surface area is 147 Å². The SMILES string of the molecule is C=CCCC(O)CN1CCN(Cc2nc3ccccc3c(=O)[nH]2)CC1. The number of benzene rings is 1. The van der Waals surface area contributed by atoms with Crippen molar-refractivity contribution in [3.8, 4) is 0 Å². The molecule has 1 aromatic heterocycles. The van der Waals surface area contributed by atoms with Crippen molar-refractivity contribution in [1.82, 2.24) is 19.8 Å². The van der Waals surface area contributed by atoms with Crippen LogP contribution in [0.5, 0.6) is 0 Å². The highest BCUT2D eigenvalue weighted by Crippen LogP contribution is 2.10. The number of allylic oxidation sites excluding steroid dienone is 1. The lowest BCUT2D eigenvalue weighted by atomic mass is 10.1. The zero-order chi connectivity index (χ0) is 17.6. The van der Waals surface area contributed by atoms with E-state index in [0.717, 1.165) is 44.5 Å². The first-order valence-electron chi connectivity index (χ1n) is 8.87. The molecule has 1 aliphatic rings. The molecule has 2 N–H and O–H groups in total. The van der Waals surface area contributed by atoms with Gasteiger partial charge in [0.2, 0.25) is 0 Å². The quantitative estimate of drug-likeness (QED) is 0.744. The number of hydrogen-bond donors (Lipinski definition) is 2. The second kappa shape index (κ2) is 8.38. The first-order valence-corrected chi connectivity index (χ1v) is 8.87. The average Bonchev–Trinajstić information content (AvgIpc) is 2.62. The van der Waals surface area contributed by atoms with Gasteiger partial charge >= 0.3 is 0 Å². The smallest absolute Gasteiger partial charge is 0.258 e. The summed E-state index contributed by atoms with van der Waals surface area (Å²) in [5.74, 6) is 0.711. The fourth-order valence-electron chi connectivity index (χ4n) is 3.25. The van der Waals surface area contributed by atoms with Crippen molar-refractivity contribution < 1.29 is 5.11 Å². The molecular weight excluding hydrogens is 316 g/mol. The van der Waals surface area contributed by atoms with E-state index in [4.69, 9.17) is 0 Å². The van der Waals surface area contributed by atoms with E-state index >= 15 is 0 Å². The zero-order valence-corrected chi connectivity index (χ0v) is 14.5. The third-order valence-corrected chi connectivity index (χ3v) is 4.67. The number of aliphatic hydroxyl groups excluding tert-OH is 1. The van der Waals surface area contributed by atoms with Gasteiger partial charge in [-0.2, -0.15) is 0 Å². The van der Waals surface area contributed by atoms with E-state index in [1.807, 2.05) is 24.3 Å². The molecule has 25 heavy (non-hydrogen) atoms. The topological polar surface area (TPSA) is 72.5 Å². The molecule has 1 atom stereocenters.